The van der Waals surface area contributed by atoms with E-state index in [2.05, 4.69) is 46.9 Å². The number of aromatic nitrogens is 5. The first-order valence-corrected chi connectivity index (χ1v) is 12.4. The number of likely N-dealkylation sites (N-methyl/N-ethyl adjacent to an activating group) is 1. The molecule has 188 valence electrons. The van der Waals surface area contributed by atoms with E-state index in [9.17, 15) is 4.79 Å². The maximum absolute atomic E-state index is 13.6. The Hall–Kier alpha value is -4.44. The Bertz CT molecular complexity index is 1580. The van der Waals surface area contributed by atoms with Crippen LogP contribution in [0.25, 0.3) is 22.1 Å². The van der Waals surface area contributed by atoms with Crippen molar-refractivity contribution in [2.75, 3.05) is 37.8 Å². The molecule has 37 heavy (non-hydrogen) atoms. The van der Waals surface area contributed by atoms with Crippen molar-refractivity contribution in [1.82, 2.24) is 35.1 Å². The van der Waals surface area contributed by atoms with Crippen molar-refractivity contribution < 1.29 is 4.79 Å². The molecule has 0 saturated carbocycles. The number of nitrogens with one attached hydrogen (secondary N) is 5. The van der Waals surface area contributed by atoms with Crippen LogP contribution in [-0.2, 0) is 10.2 Å². The molecule has 0 unspecified atom stereocenters. The first-order valence-electron chi connectivity index (χ1n) is 12.4. The number of hydrogen-bond donors (Lipinski definition) is 5. The van der Waals surface area contributed by atoms with Gasteiger partial charge in [0.05, 0.1) is 22.8 Å². The fraction of sp³-hybridized carbons (Fsp3) is 0.259. The molecule has 3 aromatic heterocycles. The third kappa shape index (κ3) is 4.25. The van der Waals surface area contributed by atoms with Gasteiger partial charge in [0.25, 0.3) is 0 Å². The third-order valence-electron chi connectivity index (χ3n) is 7.06. The molecule has 1 amide bonds. The first kappa shape index (κ1) is 23.0. The Morgan fingerprint density at radius 3 is 2.62 bits per heavy atom. The number of hydrogen-bond acceptors (Lipinski definition) is 7. The fourth-order valence-electron chi connectivity index (χ4n) is 5.22. The van der Waals surface area contributed by atoms with Crippen molar-refractivity contribution in [1.29, 1.82) is 0 Å². The Kier molecular flexibility index (Phi) is 5.72. The molecule has 1 aliphatic rings. The van der Waals surface area contributed by atoms with Crippen molar-refractivity contribution in [2.24, 2.45) is 0 Å². The number of nitrogens with zero attached hydrogens (tertiary/aromatic N) is 4. The molecule has 5 N–H and O–H groups in total. The minimum atomic E-state index is -0.652. The molecule has 4 heterocycles. The predicted octanol–water partition coefficient (Wildman–Crippen LogP) is 4.03. The fourth-order valence-corrected chi connectivity index (χ4v) is 5.22. The minimum Gasteiger partial charge on any atom is -0.355 e. The number of aromatic amines is 2. The number of imidazole rings is 1. The molecule has 1 aliphatic heterocycles. The lowest BCUT2D eigenvalue weighted by Gasteiger charge is -2.39. The van der Waals surface area contributed by atoms with Crippen molar-refractivity contribution in [3.63, 3.8) is 0 Å². The van der Waals surface area contributed by atoms with E-state index in [-0.39, 0.29) is 5.91 Å². The molecule has 10 heteroatoms. The zero-order valence-corrected chi connectivity index (χ0v) is 20.8. The van der Waals surface area contributed by atoms with Crippen molar-refractivity contribution >= 4 is 51.0 Å². The van der Waals surface area contributed by atoms with Crippen LogP contribution in [0.4, 0.5) is 23.0 Å². The van der Waals surface area contributed by atoms with E-state index < -0.39 is 5.41 Å². The summed E-state index contributed by atoms with van der Waals surface area (Å²) < 4.78 is 0. The van der Waals surface area contributed by atoms with Gasteiger partial charge in [-0.1, -0.05) is 6.07 Å². The molecule has 5 aromatic rings. The van der Waals surface area contributed by atoms with Gasteiger partial charge in [0.15, 0.2) is 0 Å². The predicted molar refractivity (Wildman–Crippen MR) is 145 cm³/mol. The summed E-state index contributed by atoms with van der Waals surface area (Å²) in [7, 11) is 3.64. The number of H-pyrrole nitrogens is 2. The summed E-state index contributed by atoms with van der Waals surface area (Å²) in [5.74, 6) is 0.566. The number of amides is 1. The standard InChI is InChI=1S/C27H29N9O/c1-36(2)25(37)27(8-11-28-12-9-27)20-5-3-18(33-19-4-6-21-23(14-19)32-16-31-21)13-22(20)34-26-30-15-17-7-10-29-24(17)35-26/h3-7,10,13-16,28,33H,8-9,11-12H2,1-2H3,(H,31,32)(H2,29,30,34,35). The SMILES string of the molecule is CN(C)C(=O)C1(c2ccc(Nc3ccc4nc[nH]c4c3)cc2Nc2ncc3cc[nH]c3n2)CCNCC1. The summed E-state index contributed by atoms with van der Waals surface area (Å²) in [6.07, 6.45) is 6.73. The van der Waals surface area contributed by atoms with Gasteiger partial charge in [0.1, 0.15) is 5.65 Å². The largest absolute Gasteiger partial charge is 0.355 e. The first-order chi connectivity index (χ1) is 18.0. The van der Waals surface area contributed by atoms with Crippen LogP contribution in [0.15, 0.2) is 61.2 Å². The number of anilines is 4. The molecule has 6 rings (SSSR count). The van der Waals surface area contributed by atoms with E-state index in [1.165, 1.54) is 0 Å². The number of piperidine rings is 1. The van der Waals surface area contributed by atoms with E-state index in [0.717, 1.165) is 57.8 Å². The minimum absolute atomic E-state index is 0.100. The number of benzene rings is 2. The number of carbonyl (C=O) groups is 1. The Morgan fingerprint density at radius 2 is 1.78 bits per heavy atom. The Morgan fingerprint density at radius 1 is 0.973 bits per heavy atom. The maximum Gasteiger partial charge on any atom is 0.232 e. The number of rotatable bonds is 6. The summed E-state index contributed by atoms with van der Waals surface area (Å²) >= 11 is 0. The summed E-state index contributed by atoms with van der Waals surface area (Å²) in [6, 6.07) is 14.0. The molecule has 1 saturated heterocycles. The van der Waals surface area contributed by atoms with E-state index >= 15 is 0 Å². The highest BCUT2D eigenvalue weighted by molar-refractivity contribution is 5.91. The van der Waals surface area contributed by atoms with Crippen LogP contribution in [0.5, 0.6) is 0 Å². The maximum atomic E-state index is 13.6. The second kappa shape index (κ2) is 9.21. The monoisotopic (exact) mass is 495 g/mol. The quantitative estimate of drug-likeness (QED) is 0.241. The molecular formula is C27H29N9O. The molecule has 0 atom stereocenters. The van der Waals surface area contributed by atoms with Crippen LogP contribution in [0, 0.1) is 0 Å². The van der Waals surface area contributed by atoms with Gasteiger partial charge in [-0.25, -0.2) is 9.97 Å². The zero-order valence-electron chi connectivity index (χ0n) is 20.8. The van der Waals surface area contributed by atoms with Gasteiger partial charge >= 0.3 is 0 Å². The van der Waals surface area contributed by atoms with Gasteiger partial charge in [-0.05, 0) is 67.9 Å². The lowest BCUT2D eigenvalue weighted by molar-refractivity contribution is -0.136. The molecular weight excluding hydrogens is 466 g/mol. The highest BCUT2D eigenvalue weighted by Gasteiger charge is 2.43. The Balaban J connectivity index is 1.43. The molecule has 1 fully saturated rings. The van der Waals surface area contributed by atoms with E-state index in [4.69, 9.17) is 0 Å². The smallest absolute Gasteiger partial charge is 0.232 e. The lowest BCUT2D eigenvalue weighted by atomic mass is 9.71. The van der Waals surface area contributed by atoms with Gasteiger partial charge in [-0.2, -0.15) is 4.98 Å². The third-order valence-corrected chi connectivity index (χ3v) is 7.06. The molecule has 0 spiro atoms. The van der Waals surface area contributed by atoms with Crippen molar-refractivity contribution in [3.05, 3.63) is 66.7 Å². The van der Waals surface area contributed by atoms with Crippen LogP contribution in [-0.4, -0.2) is 62.9 Å². The van der Waals surface area contributed by atoms with Crippen LogP contribution in [0.2, 0.25) is 0 Å². The van der Waals surface area contributed by atoms with Gasteiger partial charge in [-0.3, -0.25) is 4.79 Å². The summed E-state index contributed by atoms with van der Waals surface area (Å²) in [4.78, 5) is 35.1. The normalized spacial score (nSPS) is 15.1. The molecule has 2 aromatic carbocycles. The average Bonchev–Trinajstić information content (AvgIpc) is 3.57. The second-order valence-corrected chi connectivity index (χ2v) is 9.65. The van der Waals surface area contributed by atoms with E-state index in [1.54, 1.807) is 17.4 Å². The average molecular weight is 496 g/mol. The van der Waals surface area contributed by atoms with Crippen LogP contribution >= 0.6 is 0 Å². The molecule has 0 bridgehead atoms. The van der Waals surface area contributed by atoms with Gasteiger partial charge in [0.2, 0.25) is 11.9 Å². The van der Waals surface area contributed by atoms with Crippen LogP contribution < -0.4 is 16.0 Å². The highest BCUT2D eigenvalue weighted by Crippen LogP contribution is 2.41. The number of carbonyl (C=O) groups excluding carboxylic acids is 1. The second-order valence-electron chi connectivity index (χ2n) is 9.65. The summed E-state index contributed by atoms with van der Waals surface area (Å²) in [5.41, 5.74) is 5.53. The number of fused-ring (bicyclic) bond motifs is 2. The van der Waals surface area contributed by atoms with Crippen molar-refractivity contribution in [3.8, 4) is 0 Å². The van der Waals surface area contributed by atoms with Gasteiger partial charge in [0, 0.05) is 48.9 Å². The molecule has 10 nitrogen and oxygen atoms in total. The molecule has 0 aliphatic carbocycles. The summed E-state index contributed by atoms with van der Waals surface area (Å²) in [6.45, 7) is 1.54. The van der Waals surface area contributed by atoms with E-state index in [0.29, 0.717) is 18.8 Å². The van der Waals surface area contributed by atoms with E-state index in [1.807, 2.05) is 56.7 Å². The summed E-state index contributed by atoms with van der Waals surface area (Å²) in [5, 5.41) is 11.3. The van der Waals surface area contributed by atoms with Gasteiger partial charge < -0.3 is 30.8 Å². The lowest BCUT2D eigenvalue weighted by Crippen LogP contribution is -2.50. The zero-order chi connectivity index (χ0) is 25.4. The van der Waals surface area contributed by atoms with Crippen molar-refractivity contribution in [2.45, 2.75) is 18.3 Å². The van der Waals surface area contributed by atoms with Gasteiger partial charge in [-0.15, -0.1) is 0 Å². The van der Waals surface area contributed by atoms with Crippen LogP contribution in [0.1, 0.15) is 18.4 Å². The van der Waals surface area contributed by atoms with Crippen LogP contribution in [0.3, 0.4) is 0 Å². The molecule has 0 radical (unpaired) electrons. The topological polar surface area (TPSA) is 127 Å². The Labute approximate surface area is 213 Å². The highest BCUT2D eigenvalue weighted by atomic mass is 16.2.